The Labute approximate surface area is 172 Å². The first-order valence-electron chi connectivity index (χ1n) is 9.00. The van der Waals surface area contributed by atoms with Crippen LogP contribution in [0.3, 0.4) is 0 Å². The molecule has 0 unspecified atom stereocenters. The smallest absolute Gasteiger partial charge is 0.325 e. The fraction of sp³-hybridized carbons (Fsp3) is 0.250. The van der Waals surface area contributed by atoms with Crippen molar-refractivity contribution in [1.82, 2.24) is 5.32 Å². The minimum atomic E-state index is -0.619. The highest BCUT2D eigenvalue weighted by molar-refractivity contribution is 8.00. The molecule has 0 saturated heterocycles. The Morgan fingerprint density at radius 1 is 0.931 bits per heavy atom. The van der Waals surface area contributed by atoms with Crippen molar-refractivity contribution in [2.24, 2.45) is 0 Å². The van der Waals surface area contributed by atoms with E-state index in [2.05, 4.69) is 16.0 Å². The first-order chi connectivity index (χ1) is 14.0. The summed E-state index contributed by atoms with van der Waals surface area (Å²) in [4.78, 5) is 35.9. The van der Waals surface area contributed by atoms with Gasteiger partial charge in [-0.05, 0) is 36.4 Å². The van der Waals surface area contributed by atoms with Gasteiger partial charge in [0.15, 0.2) is 11.5 Å². The third-order valence-electron chi connectivity index (χ3n) is 3.80. The molecule has 3 N–H and O–H groups in total. The van der Waals surface area contributed by atoms with Crippen LogP contribution in [-0.4, -0.2) is 36.8 Å². The Kier molecular flexibility index (Phi) is 6.96. The first kappa shape index (κ1) is 20.5. The van der Waals surface area contributed by atoms with Crippen molar-refractivity contribution in [2.45, 2.75) is 18.2 Å². The molecule has 2 aromatic rings. The van der Waals surface area contributed by atoms with Crippen molar-refractivity contribution in [2.75, 3.05) is 29.6 Å². The van der Waals surface area contributed by atoms with Crippen LogP contribution in [0.25, 0.3) is 0 Å². The highest BCUT2D eigenvalue weighted by Gasteiger charge is 2.13. The van der Waals surface area contributed by atoms with Gasteiger partial charge >= 0.3 is 6.03 Å². The van der Waals surface area contributed by atoms with E-state index in [1.54, 1.807) is 42.5 Å². The molecule has 0 atom stereocenters. The highest BCUT2D eigenvalue weighted by atomic mass is 32.2. The second kappa shape index (κ2) is 9.83. The van der Waals surface area contributed by atoms with Gasteiger partial charge in [-0.3, -0.25) is 14.9 Å². The van der Waals surface area contributed by atoms with Crippen molar-refractivity contribution < 1.29 is 23.9 Å². The summed E-state index contributed by atoms with van der Waals surface area (Å²) in [7, 11) is 0. The quantitative estimate of drug-likeness (QED) is 0.648. The van der Waals surface area contributed by atoms with Gasteiger partial charge in [0.2, 0.25) is 11.8 Å². The molecule has 4 amide bonds. The summed E-state index contributed by atoms with van der Waals surface area (Å²) in [6.07, 6.45) is 0.792. The number of hydrogen-bond acceptors (Lipinski definition) is 6. The SMILES string of the molecule is CC(=O)Nc1ccc(SCC(=O)NC(=O)Nc2ccc3c(c2)OCCCO3)cc1. The van der Waals surface area contributed by atoms with Crippen LogP contribution in [-0.2, 0) is 9.59 Å². The van der Waals surface area contributed by atoms with E-state index in [-0.39, 0.29) is 11.7 Å². The van der Waals surface area contributed by atoms with Gasteiger partial charge in [0.25, 0.3) is 0 Å². The molecule has 2 aromatic carbocycles. The fourth-order valence-electron chi connectivity index (χ4n) is 2.55. The molecule has 0 aliphatic carbocycles. The number of thioether (sulfide) groups is 1. The summed E-state index contributed by atoms with van der Waals surface area (Å²) in [6.45, 7) is 2.57. The van der Waals surface area contributed by atoms with E-state index in [0.29, 0.717) is 36.1 Å². The standard InChI is InChI=1S/C20H21N3O5S/c1-13(24)21-14-3-6-16(7-4-14)29-12-19(25)23-20(26)22-15-5-8-17-18(11-15)28-10-2-9-27-17/h3-8,11H,2,9-10,12H2,1H3,(H,21,24)(H2,22,23,25,26). The maximum Gasteiger partial charge on any atom is 0.325 e. The van der Waals surface area contributed by atoms with E-state index in [4.69, 9.17) is 9.47 Å². The van der Waals surface area contributed by atoms with Gasteiger partial charge < -0.3 is 20.1 Å². The van der Waals surface area contributed by atoms with Gasteiger partial charge in [0, 0.05) is 35.7 Å². The number of imide groups is 1. The molecule has 0 saturated carbocycles. The first-order valence-corrected chi connectivity index (χ1v) is 9.99. The second-order valence-corrected chi connectivity index (χ2v) is 7.26. The number of nitrogens with one attached hydrogen (secondary N) is 3. The molecule has 0 spiro atoms. The third kappa shape index (κ3) is 6.42. The number of fused-ring (bicyclic) bond motifs is 1. The molecule has 1 heterocycles. The molecule has 152 valence electrons. The monoisotopic (exact) mass is 415 g/mol. The van der Waals surface area contributed by atoms with Crippen LogP contribution < -0.4 is 25.4 Å². The number of anilines is 2. The zero-order chi connectivity index (χ0) is 20.6. The van der Waals surface area contributed by atoms with E-state index in [1.165, 1.54) is 18.7 Å². The summed E-state index contributed by atoms with van der Waals surface area (Å²) in [5.74, 6) is 0.695. The summed E-state index contributed by atoms with van der Waals surface area (Å²) in [5.41, 5.74) is 1.18. The number of hydrogen-bond donors (Lipinski definition) is 3. The number of urea groups is 1. The molecular weight excluding hydrogens is 394 g/mol. The van der Waals surface area contributed by atoms with Crippen LogP contribution in [0.2, 0.25) is 0 Å². The van der Waals surface area contributed by atoms with Crippen molar-refractivity contribution in [3.8, 4) is 11.5 Å². The molecule has 0 aromatic heterocycles. The zero-order valence-corrected chi connectivity index (χ0v) is 16.6. The number of benzene rings is 2. The van der Waals surface area contributed by atoms with Crippen LogP contribution in [0.1, 0.15) is 13.3 Å². The van der Waals surface area contributed by atoms with E-state index < -0.39 is 11.9 Å². The number of carbonyl (C=O) groups excluding carboxylic acids is 3. The lowest BCUT2D eigenvalue weighted by Gasteiger charge is -2.11. The average Bonchev–Trinajstić information content (AvgIpc) is 2.92. The maximum atomic E-state index is 12.1. The average molecular weight is 415 g/mol. The lowest BCUT2D eigenvalue weighted by Crippen LogP contribution is -2.35. The highest BCUT2D eigenvalue weighted by Crippen LogP contribution is 2.32. The maximum absolute atomic E-state index is 12.1. The molecule has 9 heteroatoms. The molecule has 0 radical (unpaired) electrons. The van der Waals surface area contributed by atoms with Crippen molar-refractivity contribution in [1.29, 1.82) is 0 Å². The van der Waals surface area contributed by atoms with Crippen LogP contribution in [0.4, 0.5) is 16.2 Å². The van der Waals surface area contributed by atoms with Crippen LogP contribution in [0.15, 0.2) is 47.4 Å². The van der Waals surface area contributed by atoms with Gasteiger partial charge in [-0.15, -0.1) is 11.8 Å². The number of amides is 4. The van der Waals surface area contributed by atoms with Crippen LogP contribution >= 0.6 is 11.8 Å². The van der Waals surface area contributed by atoms with Crippen LogP contribution in [0, 0.1) is 0 Å². The van der Waals surface area contributed by atoms with E-state index in [9.17, 15) is 14.4 Å². The molecule has 29 heavy (non-hydrogen) atoms. The minimum absolute atomic E-state index is 0.0774. The molecule has 0 bridgehead atoms. The third-order valence-corrected chi connectivity index (χ3v) is 4.81. The normalized spacial score (nSPS) is 12.4. The van der Waals surface area contributed by atoms with Crippen LogP contribution in [0.5, 0.6) is 11.5 Å². The topological polar surface area (TPSA) is 106 Å². The lowest BCUT2D eigenvalue weighted by atomic mass is 10.3. The van der Waals surface area contributed by atoms with Crippen molar-refractivity contribution in [3.05, 3.63) is 42.5 Å². The van der Waals surface area contributed by atoms with Gasteiger partial charge in [-0.1, -0.05) is 0 Å². The predicted molar refractivity (Wildman–Crippen MR) is 111 cm³/mol. The lowest BCUT2D eigenvalue weighted by molar-refractivity contribution is -0.117. The largest absolute Gasteiger partial charge is 0.490 e. The number of rotatable bonds is 5. The van der Waals surface area contributed by atoms with E-state index in [0.717, 1.165) is 11.3 Å². The number of ether oxygens (including phenoxy) is 2. The Morgan fingerprint density at radius 3 is 2.34 bits per heavy atom. The molecule has 0 fully saturated rings. The Bertz CT molecular complexity index is 901. The molecule has 3 rings (SSSR count). The molecular formula is C20H21N3O5S. The van der Waals surface area contributed by atoms with Gasteiger partial charge in [-0.2, -0.15) is 0 Å². The van der Waals surface area contributed by atoms with Crippen molar-refractivity contribution >= 4 is 41.0 Å². The van der Waals surface area contributed by atoms with Gasteiger partial charge in [-0.25, -0.2) is 4.79 Å². The minimum Gasteiger partial charge on any atom is -0.490 e. The molecule has 1 aliphatic heterocycles. The second-order valence-electron chi connectivity index (χ2n) is 6.21. The van der Waals surface area contributed by atoms with Crippen molar-refractivity contribution in [3.63, 3.8) is 0 Å². The number of carbonyl (C=O) groups is 3. The summed E-state index contributed by atoms with van der Waals surface area (Å²) >= 11 is 1.28. The Balaban J connectivity index is 1.46. The summed E-state index contributed by atoms with van der Waals surface area (Å²) in [5, 5.41) is 7.57. The fourth-order valence-corrected chi connectivity index (χ4v) is 3.25. The van der Waals surface area contributed by atoms with E-state index >= 15 is 0 Å². The van der Waals surface area contributed by atoms with Gasteiger partial charge in [0.1, 0.15) is 0 Å². The van der Waals surface area contributed by atoms with E-state index in [1.807, 2.05) is 0 Å². The van der Waals surface area contributed by atoms with Gasteiger partial charge in [0.05, 0.1) is 19.0 Å². The Morgan fingerprint density at radius 2 is 1.62 bits per heavy atom. The Hall–Kier alpha value is -3.20. The molecule has 1 aliphatic rings. The molecule has 8 nitrogen and oxygen atoms in total. The zero-order valence-electron chi connectivity index (χ0n) is 15.8. The predicted octanol–water partition coefficient (Wildman–Crippen LogP) is 3.25. The summed E-state index contributed by atoms with van der Waals surface area (Å²) in [6, 6.07) is 11.5. The summed E-state index contributed by atoms with van der Waals surface area (Å²) < 4.78 is 11.1.